The summed E-state index contributed by atoms with van der Waals surface area (Å²) in [5.74, 6) is 0.365. The smallest absolute Gasteiger partial charge is 0.243 e. The SMILES string of the molecule is CCN1CCN(S(=O)(=O)c2ccc3c(c2)CC(C)N3C(=O)C2CC2)CC1. The van der Waals surface area contributed by atoms with E-state index >= 15 is 0 Å². The topological polar surface area (TPSA) is 60.9 Å². The van der Waals surface area contributed by atoms with Gasteiger partial charge in [-0.25, -0.2) is 8.42 Å². The van der Waals surface area contributed by atoms with Crippen molar-refractivity contribution in [3.8, 4) is 0 Å². The number of hydrogen-bond acceptors (Lipinski definition) is 4. The highest BCUT2D eigenvalue weighted by Crippen LogP contribution is 2.39. The molecule has 4 rings (SSSR count). The summed E-state index contributed by atoms with van der Waals surface area (Å²) in [4.78, 5) is 17.1. The number of piperazine rings is 1. The zero-order valence-corrected chi connectivity index (χ0v) is 16.3. The van der Waals surface area contributed by atoms with E-state index in [1.54, 1.807) is 16.4 Å². The van der Waals surface area contributed by atoms with Crippen molar-refractivity contribution in [1.29, 1.82) is 0 Å². The molecule has 1 unspecified atom stereocenters. The predicted octanol–water partition coefficient (Wildman–Crippen LogP) is 1.70. The van der Waals surface area contributed by atoms with Crippen molar-refractivity contribution in [3.63, 3.8) is 0 Å². The molecule has 0 aromatic heterocycles. The van der Waals surface area contributed by atoms with Crippen molar-refractivity contribution in [2.24, 2.45) is 5.92 Å². The molecule has 26 heavy (non-hydrogen) atoms. The normalized spacial score (nSPS) is 24.7. The van der Waals surface area contributed by atoms with E-state index in [4.69, 9.17) is 0 Å². The monoisotopic (exact) mass is 377 g/mol. The minimum absolute atomic E-state index is 0.101. The number of likely N-dealkylation sites (N-methyl/N-ethyl adjacent to an activating group) is 1. The molecular formula is C19H27N3O3S. The van der Waals surface area contributed by atoms with Gasteiger partial charge in [0.1, 0.15) is 0 Å². The summed E-state index contributed by atoms with van der Waals surface area (Å²) in [5, 5.41) is 0. The summed E-state index contributed by atoms with van der Waals surface area (Å²) in [6, 6.07) is 5.39. The van der Waals surface area contributed by atoms with Crippen molar-refractivity contribution in [3.05, 3.63) is 23.8 Å². The maximum absolute atomic E-state index is 13.0. The van der Waals surface area contributed by atoms with Crippen LogP contribution in [0.3, 0.4) is 0 Å². The maximum Gasteiger partial charge on any atom is 0.243 e. The molecule has 2 fully saturated rings. The van der Waals surface area contributed by atoms with Gasteiger partial charge in [-0.1, -0.05) is 6.92 Å². The predicted molar refractivity (Wildman–Crippen MR) is 101 cm³/mol. The summed E-state index contributed by atoms with van der Waals surface area (Å²) in [5.41, 5.74) is 1.86. The summed E-state index contributed by atoms with van der Waals surface area (Å²) in [6.07, 6.45) is 2.68. The number of amides is 1. The van der Waals surface area contributed by atoms with Crippen LogP contribution >= 0.6 is 0 Å². The Labute approximate surface area is 155 Å². The van der Waals surface area contributed by atoms with Crippen LogP contribution in [0.15, 0.2) is 23.1 Å². The van der Waals surface area contributed by atoms with Crippen LogP contribution in [-0.4, -0.2) is 62.3 Å². The Balaban J connectivity index is 1.58. The van der Waals surface area contributed by atoms with Crippen molar-refractivity contribution < 1.29 is 13.2 Å². The third kappa shape index (κ3) is 3.06. The van der Waals surface area contributed by atoms with E-state index in [0.717, 1.165) is 50.1 Å². The highest BCUT2D eigenvalue weighted by atomic mass is 32.2. The Morgan fingerprint density at radius 1 is 1.15 bits per heavy atom. The number of anilines is 1. The van der Waals surface area contributed by atoms with E-state index < -0.39 is 10.0 Å². The van der Waals surface area contributed by atoms with Gasteiger partial charge in [0.25, 0.3) is 0 Å². The third-order valence-corrected chi connectivity index (χ3v) is 7.74. The van der Waals surface area contributed by atoms with E-state index in [9.17, 15) is 13.2 Å². The second-order valence-corrected chi connectivity index (χ2v) is 9.60. The second-order valence-electron chi connectivity index (χ2n) is 7.66. The van der Waals surface area contributed by atoms with Gasteiger partial charge in [0.15, 0.2) is 0 Å². The molecule has 0 N–H and O–H groups in total. The number of carbonyl (C=O) groups excluding carboxylic acids is 1. The molecule has 2 heterocycles. The first-order chi connectivity index (χ1) is 12.4. The Morgan fingerprint density at radius 2 is 1.85 bits per heavy atom. The third-order valence-electron chi connectivity index (χ3n) is 5.85. The number of rotatable bonds is 4. The maximum atomic E-state index is 13.0. The zero-order chi connectivity index (χ0) is 18.5. The van der Waals surface area contributed by atoms with E-state index in [1.807, 2.05) is 17.9 Å². The molecule has 1 amide bonds. The lowest BCUT2D eigenvalue weighted by Gasteiger charge is -2.33. The molecule has 1 aromatic rings. The van der Waals surface area contributed by atoms with Crippen molar-refractivity contribution >= 4 is 21.6 Å². The van der Waals surface area contributed by atoms with Crippen molar-refractivity contribution in [2.75, 3.05) is 37.6 Å². The van der Waals surface area contributed by atoms with Gasteiger partial charge in [-0.2, -0.15) is 4.31 Å². The number of fused-ring (bicyclic) bond motifs is 1. The highest BCUT2D eigenvalue weighted by Gasteiger charge is 2.40. The van der Waals surface area contributed by atoms with Gasteiger partial charge < -0.3 is 9.80 Å². The van der Waals surface area contributed by atoms with Crippen molar-refractivity contribution in [2.45, 2.75) is 44.0 Å². The number of hydrogen-bond donors (Lipinski definition) is 0. The molecule has 6 nitrogen and oxygen atoms in total. The van der Waals surface area contributed by atoms with Gasteiger partial charge in [0.2, 0.25) is 15.9 Å². The van der Waals surface area contributed by atoms with Crippen LogP contribution in [0.25, 0.3) is 0 Å². The molecule has 0 bridgehead atoms. The van der Waals surface area contributed by atoms with Gasteiger partial charge in [-0.3, -0.25) is 4.79 Å². The van der Waals surface area contributed by atoms with Gasteiger partial charge >= 0.3 is 0 Å². The fourth-order valence-corrected chi connectivity index (χ4v) is 5.54. The lowest BCUT2D eigenvalue weighted by atomic mass is 10.1. The Kier molecular flexibility index (Phi) is 4.57. The summed E-state index contributed by atoms with van der Waals surface area (Å²) < 4.78 is 27.6. The molecule has 1 aromatic carbocycles. The Bertz CT molecular complexity index is 811. The van der Waals surface area contributed by atoms with E-state index in [2.05, 4.69) is 11.8 Å². The number of nitrogens with zero attached hydrogens (tertiary/aromatic N) is 3. The number of carbonyl (C=O) groups is 1. The average molecular weight is 378 g/mol. The van der Waals surface area contributed by atoms with Gasteiger partial charge in [-0.15, -0.1) is 0 Å². The zero-order valence-electron chi connectivity index (χ0n) is 15.5. The summed E-state index contributed by atoms with van der Waals surface area (Å²) in [7, 11) is -3.47. The lowest BCUT2D eigenvalue weighted by molar-refractivity contribution is -0.120. The fourth-order valence-electron chi connectivity index (χ4n) is 4.07. The molecule has 7 heteroatoms. The molecule has 2 aliphatic heterocycles. The fraction of sp³-hybridized carbons (Fsp3) is 0.632. The number of sulfonamides is 1. The van der Waals surface area contributed by atoms with Gasteiger partial charge in [0, 0.05) is 43.8 Å². The van der Waals surface area contributed by atoms with E-state index in [0.29, 0.717) is 18.0 Å². The van der Waals surface area contributed by atoms with Gasteiger partial charge in [-0.05, 0) is 56.5 Å². The molecule has 1 atom stereocenters. The molecule has 1 saturated carbocycles. The Hall–Kier alpha value is -1.44. The van der Waals surface area contributed by atoms with Crippen LogP contribution in [0.5, 0.6) is 0 Å². The quantitative estimate of drug-likeness (QED) is 0.801. The molecule has 3 aliphatic rings. The standard InChI is InChI=1S/C19H27N3O3S/c1-3-20-8-10-21(11-9-20)26(24,25)17-6-7-18-16(13-17)12-14(2)22(18)19(23)15-4-5-15/h6-7,13-15H,3-5,8-12H2,1-2H3. The van der Waals surface area contributed by atoms with Crippen molar-refractivity contribution in [1.82, 2.24) is 9.21 Å². The highest BCUT2D eigenvalue weighted by molar-refractivity contribution is 7.89. The molecule has 142 valence electrons. The van der Waals surface area contributed by atoms with Crippen LogP contribution in [-0.2, 0) is 21.2 Å². The lowest BCUT2D eigenvalue weighted by Crippen LogP contribution is -2.48. The van der Waals surface area contributed by atoms with E-state index in [1.165, 1.54) is 0 Å². The first kappa shape index (κ1) is 17.9. The molecular weight excluding hydrogens is 350 g/mol. The minimum Gasteiger partial charge on any atom is -0.309 e. The van der Waals surface area contributed by atoms with Gasteiger partial charge in [0.05, 0.1) is 4.90 Å². The molecule has 1 aliphatic carbocycles. The summed E-state index contributed by atoms with van der Waals surface area (Å²) in [6.45, 7) is 7.73. The minimum atomic E-state index is -3.47. The van der Waals surface area contributed by atoms with Crippen LogP contribution in [0.2, 0.25) is 0 Å². The molecule has 0 spiro atoms. The van der Waals surface area contributed by atoms with Crippen LogP contribution in [0, 0.1) is 5.92 Å². The van der Waals surface area contributed by atoms with Crippen LogP contribution in [0.4, 0.5) is 5.69 Å². The van der Waals surface area contributed by atoms with E-state index in [-0.39, 0.29) is 17.9 Å². The first-order valence-electron chi connectivity index (χ1n) is 9.60. The average Bonchev–Trinajstić information content (AvgIpc) is 3.43. The van der Waals surface area contributed by atoms with Crippen LogP contribution < -0.4 is 4.90 Å². The van der Waals surface area contributed by atoms with Crippen LogP contribution in [0.1, 0.15) is 32.3 Å². The molecule has 0 radical (unpaired) electrons. The molecule has 1 saturated heterocycles. The number of benzene rings is 1. The summed E-state index contributed by atoms with van der Waals surface area (Å²) >= 11 is 0. The first-order valence-corrected chi connectivity index (χ1v) is 11.0. The largest absolute Gasteiger partial charge is 0.309 e. The Morgan fingerprint density at radius 3 is 2.46 bits per heavy atom. The second kappa shape index (κ2) is 6.62.